The Balaban J connectivity index is 1.87. The molecule has 5 aliphatic rings. The van der Waals surface area contributed by atoms with E-state index in [2.05, 4.69) is 0 Å². The van der Waals surface area contributed by atoms with Crippen molar-refractivity contribution in [2.45, 2.75) is 6.42 Å². The Morgan fingerprint density at radius 1 is 1.07 bits per heavy atom. The van der Waals surface area contributed by atoms with Gasteiger partial charge in [0.1, 0.15) is 5.78 Å². The summed E-state index contributed by atoms with van der Waals surface area (Å²) < 4.78 is 0. The van der Waals surface area contributed by atoms with Crippen molar-refractivity contribution in [2.24, 2.45) is 47.3 Å². The summed E-state index contributed by atoms with van der Waals surface area (Å²) in [6, 6.07) is 0. The van der Waals surface area contributed by atoms with Gasteiger partial charge in [0.25, 0.3) is 0 Å². The van der Waals surface area contributed by atoms with E-state index in [1.54, 1.807) is 0 Å². The van der Waals surface area contributed by atoms with Gasteiger partial charge in [-0.25, -0.2) is 0 Å². The number of fused-ring (bicyclic) bond motifs is 2. The van der Waals surface area contributed by atoms with Gasteiger partial charge < -0.3 is 0 Å². The monoisotopic (exact) mass is 206 g/mol. The molecule has 0 aliphatic heterocycles. The predicted octanol–water partition coefficient (Wildman–Crippen LogP) is 2.07. The lowest BCUT2D eigenvalue weighted by atomic mass is 9.59. The number of ketones is 1. The largest absolute Gasteiger partial charge is 0.299 e. The van der Waals surface area contributed by atoms with E-state index in [-0.39, 0.29) is 0 Å². The van der Waals surface area contributed by atoms with Gasteiger partial charge in [-0.05, 0) is 41.9 Å². The van der Waals surface area contributed by atoms with Crippen LogP contribution in [0.5, 0.6) is 0 Å². The first-order valence-electron chi connectivity index (χ1n) is 5.68. The van der Waals surface area contributed by atoms with Crippen LogP contribution in [0.4, 0.5) is 0 Å². The number of hydrogen-bond donors (Lipinski definition) is 0. The zero-order valence-electron chi connectivity index (χ0n) is 7.69. The Hall–Kier alpha value is -0.300. The highest BCUT2D eigenvalue weighted by molar-refractivity contribution is 6.26. The minimum Gasteiger partial charge on any atom is -0.299 e. The molecule has 14 heavy (non-hydrogen) atoms. The lowest BCUT2D eigenvalue weighted by Crippen LogP contribution is -2.44. The Morgan fingerprint density at radius 2 is 1.79 bits per heavy atom. The number of carbonyl (C=O) groups is 1. The molecule has 2 bridgehead atoms. The summed E-state index contributed by atoms with van der Waals surface area (Å²) in [4.78, 5) is 12.1. The van der Waals surface area contributed by atoms with Crippen molar-refractivity contribution in [1.82, 2.24) is 0 Å². The highest BCUT2D eigenvalue weighted by Crippen LogP contribution is 2.83. The number of halogens is 1. The number of allylic oxidation sites excluding steroid dienone is 1. The third-order valence-electron chi connectivity index (χ3n) is 6.06. The number of hydrogen-bond acceptors (Lipinski definition) is 1. The molecule has 0 aromatic heterocycles. The van der Waals surface area contributed by atoms with Gasteiger partial charge in [0.2, 0.25) is 0 Å². The molecule has 5 saturated carbocycles. The third-order valence-corrected chi connectivity index (χ3v) is 6.31. The lowest BCUT2D eigenvalue weighted by Gasteiger charge is -2.44. The van der Waals surface area contributed by atoms with Crippen molar-refractivity contribution < 1.29 is 4.79 Å². The molecule has 8 unspecified atom stereocenters. The van der Waals surface area contributed by atoms with Crippen LogP contribution in [-0.4, -0.2) is 5.78 Å². The van der Waals surface area contributed by atoms with Crippen molar-refractivity contribution in [3.05, 3.63) is 11.1 Å². The van der Waals surface area contributed by atoms with Crippen molar-refractivity contribution >= 4 is 17.4 Å². The molecule has 0 amide bonds. The minimum atomic E-state index is 0.412. The van der Waals surface area contributed by atoms with Gasteiger partial charge in [-0.1, -0.05) is 17.2 Å². The molecule has 8 atom stereocenters. The van der Waals surface area contributed by atoms with Gasteiger partial charge in [0.05, 0.1) is 0 Å². The van der Waals surface area contributed by atoms with Crippen molar-refractivity contribution in [1.29, 1.82) is 0 Å². The first kappa shape index (κ1) is 7.05. The Morgan fingerprint density at radius 3 is 2.57 bits per heavy atom. The first-order valence-corrected chi connectivity index (χ1v) is 6.12. The molecule has 0 spiro atoms. The van der Waals surface area contributed by atoms with Gasteiger partial charge in [0, 0.05) is 17.4 Å². The van der Waals surface area contributed by atoms with Crippen LogP contribution in [-0.2, 0) is 4.79 Å². The van der Waals surface area contributed by atoms with Gasteiger partial charge in [-0.3, -0.25) is 4.79 Å². The van der Waals surface area contributed by atoms with E-state index in [0.717, 1.165) is 23.7 Å². The van der Waals surface area contributed by atoms with E-state index >= 15 is 0 Å². The van der Waals surface area contributed by atoms with Crippen molar-refractivity contribution in [3.8, 4) is 0 Å². The fourth-order valence-electron chi connectivity index (χ4n) is 6.08. The standard InChI is InChI=1S/C12H11ClO/c13-2-5-6-3-1-4-8-7(3)9(5)11(8)12(14)10(4)6/h2-4,6-11H,1H2. The summed E-state index contributed by atoms with van der Waals surface area (Å²) in [5.41, 5.74) is 3.28. The van der Waals surface area contributed by atoms with E-state index in [4.69, 9.17) is 11.6 Å². The molecule has 2 heteroatoms. The van der Waals surface area contributed by atoms with E-state index in [1.165, 1.54) is 12.0 Å². The second kappa shape index (κ2) is 1.73. The zero-order valence-corrected chi connectivity index (χ0v) is 8.45. The average molecular weight is 207 g/mol. The summed E-state index contributed by atoms with van der Waals surface area (Å²) in [7, 11) is 0. The van der Waals surface area contributed by atoms with E-state index in [1.807, 2.05) is 5.54 Å². The average Bonchev–Trinajstić information content (AvgIpc) is 2.62. The van der Waals surface area contributed by atoms with E-state index in [9.17, 15) is 4.79 Å². The number of carbonyl (C=O) groups excluding carboxylic acids is 1. The second-order valence-electron chi connectivity index (χ2n) is 5.83. The quantitative estimate of drug-likeness (QED) is 0.593. The molecule has 5 aliphatic carbocycles. The fraction of sp³-hybridized carbons (Fsp3) is 0.750. The maximum atomic E-state index is 12.1. The van der Waals surface area contributed by atoms with Crippen LogP contribution < -0.4 is 0 Å². The third kappa shape index (κ3) is 0.402. The molecular weight excluding hydrogens is 196 g/mol. The predicted molar refractivity (Wildman–Crippen MR) is 51.5 cm³/mol. The summed E-state index contributed by atoms with van der Waals surface area (Å²) in [6.07, 6.45) is 1.34. The maximum absolute atomic E-state index is 12.1. The van der Waals surface area contributed by atoms with Crippen molar-refractivity contribution in [2.75, 3.05) is 0 Å². The SMILES string of the molecule is O=C1C2C3CC4C2C(=CCl)C2C1C3C42. The molecule has 0 N–H and O–H groups in total. The molecule has 1 nitrogen and oxygen atoms in total. The summed E-state index contributed by atoms with van der Waals surface area (Å²) in [6.45, 7) is 0. The van der Waals surface area contributed by atoms with Crippen molar-refractivity contribution in [3.63, 3.8) is 0 Å². The van der Waals surface area contributed by atoms with Crippen LogP contribution in [0.15, 0.2) is 11.1 Å². The van der Waals surface area contributed by atoms with E-state index < -0.39 is 0 Å². The number of rotatable bonds is 0. The molecule has 0 aromatic carbocycles. The molecule has 0 saturated heterocycles. The Labute approximate surface area is 87.5 Å². The minimum absolute atomic E-state index is 0.412. The highest BCUT2D eigenvalue weighted by atomic mass is 35.5. The number of Topliss-reactive ketones (excluding diaryl/α,β-unsaturated/α-hetero) is 1. The zero-order chi connectivity index (χ0) is 9.19. The molecule has 72 valence electrons. The highest BCUT2D eigenvalue weighted by Gasteiger charge is 2.82. The molecule has 5 rings (SSSR count). The van der Waals surface area contributed by atoms with Crippen LogP contribution in [0, 0.1) is 47.3 Å². The van der Waals surface area contributed by atoms with Gasteiger partial charge in [0.15, 0.2) is 0 Å². The maximum Gasteiger partial charge on any atom is 0.140 e. The Kier molecular flexibility index (Phi) is 0.872. The van der Waals surface area contributed by atoms with Gasteiger partial charge in [-0.2, -0.15) is 0 Å². The summed E-state index contributed by atoms with van der Waals surface area (Å²) in [5, 5.41) is 0. The van der Waals surface area contributed by atoms with Crippen LogP contribution in [0.1, 0.15) is 6.42 Å². The Bertz CT molecular complexity index is 413. The van der Waals surface area contributed by atoms with E-state index in [0.29, 0.717) is 29.5 Å². The lowest BCUT2D eigenvalue weighted by molar-refractivity contribution is -0.130. The molecule has 0 heterocycles. The smallest absolute Gasteiger partial charge is 0.140 e. The molecule has 0 radical (unpaired) electrons. The van der Waals surface area contributed by atoms with Crippen LogP contribution in [0.3, 0.4) is 0 Å². The molecule has 0 aromatic rings. The molecule has 5 fully saturated rings. The summed E-state index contributed by atoms with van der Waals surface area (Å²) in [5.74, 6) is 5.95. The van der Waals surface area contributed by atoms with Gasteiger partial charge >= 0.3 is 0 Å². The fourth-order valence-corrected chi connectivity index (χ4v) is 6.37. The topological polar surface area (TPSA) is 17.1 Å². The summed E-state index contributed by atoms with van der Waals surface area (Å²) >= 11 is 5.94. The normalized spacial score (nSPS) is 72.6. The molecular formula is C12H11ClO. The van der Waals surface area contributed by atoms with Gasteiger partial charge in [-0.15, -0.1) is 0 Å². The van der Waals surface area contributed by atoms with Crippen LogP contribution >= 0.6 is 11.6 Å². The van der Waals surface area contributed by atoms with Crippen LogP contribution in [0.25, 0.3) is 0 Å². The second-order valence-corrected chi connectivity index (χ2v) is 6.05. The first-order chi connectivity index (χ1) is 6.84. The van der Waals surface area contributed by atoms with Crippen LogP contribution in [0.2, 0.25) is 0 Å².